The van der Waals surface area contributed by atoms with Crippen LogP contribution in [0.2, 0.25) is 0 Å². The number of aromatic nitrogens is 1. The number of nitrogens with zero attached hydrogens (tertiary/aromatic N) is 2. The van der Waals surface area contributed by atoms with E-state index in [-0.39, 0.29) is 15.4 Å². The van der Waals surface area contributed by atoms with E-state index < -0.39 is 0 Å². The molecule has 1 aromatic rings. The zero-order valence-electron chi connectivity index (χ0n) is 8.52. The summed E-state index contributed by atoms with van der Waals surface area (Å²) >= 11 is 3.50. The van der Waals surface area contributed by atoms with Crippen molar-refractivity contribution in [1.82, 2.24) is 4.98 Å². The molecule has 5 heteroatoms. The van der Waals surface area contributed by atoms with Crippen molar-refractivity contribution in [2.75, 3.05) is 0 Å². The highest BCUT2D eigenvalue weighted by molar-refractivity contribution is 9.09. The van der Waals surface area contributed by atoms with Gasteiger partial charge in [0.25, 0.3) is 5.69 Å². The molecule has 0 amide bonds. The third kappa shape index (κ3) is 3.58. The lowest BCUT2D eigenvalue weighted by Gasteiger charge is -2.07. The van der Waals surface area contributed by atoms with Crippen LogP contribution < -0.4 is 0 Å². The highest BCUT2D eigenvalue weighted by Gasteiger charge is 2.16. The molecule has 0 N–H and O–H groups in total. The molecule has 0 fully saturated rings. The van der Waals surface area contributed by atoms with Crippen molar-refractivity contribution in [3.05, 3.63) is 34.1 Å². The lowest BCUT2D eigenvalue weighted by molar-refractivity contribution is -0.385. The Morgan fingerprint density at radius 3 is 3.00 bits per heavy atom. The Kier molecular flexibility index (Phi) is 4.68. The monoisotopic (exact) mass is 272 g/mol. The van der Waals surface area contributed by atoms with E-state index in [4.69, 9.17) is 0 Å². The van der Waals surface area contributed by atoms with Crippen LogP contribution in [0.15, 0.2) is 18.3 Å². The van der Waals surface area contributed by atoms with E-state index in [0.717, 1.165) is 12.8 Å². The quantitative estimate of drug-likeness (QED) is 0.470. The second-order valence-corrected chi connectivity index (χ2v) is 4.61. The fourth-order valence-corrected chi connectivity index (χ4v) is 2.14. The lowest BCUT2D eigenvalue weighted by atomic mass is 10.1. The van der Waals surface area contributed by atoms with Crippen molar-refractivity contribution in [3.8, 4) is 0 Å². The summed E-state index contributed by atoms with van der Waals surface area (Å²) in [7, 11) is 0. The van der Waals surface area contributed by atoms with E-state index >= 15 is 0 Å². The van der Waals surface area contributed by atoms with E-state index in [1.807, 2.05) is 0 Å². The number of halogens is 1. The van der Waals surface area contributed by atoms with Gasteiger partial charge >= 0.3 is 0 Å². The van der Waals surface area contributed by atoms with Crippen LogP contribution in [0.25, 0.3) is 0 Å². The van der Waals surface area contributed by atoms with Crippen molar-refractivity contribution in [2.45, 2.75) is 31.0 Å². The van der Waals surface area contributed by atoms with Crippen molar-refractivity contribution in [1.29, 1.82) is 0 Å². The van der Waals surface area contributed by atoms with Crippen molar-refractivity contribution in [2.24, 2.45) is 0 Å². The Balaban J connectivity index is 2.79. The van der Waals surface area contributed by atoms with E-state index in [9.17, 15) is 10.1 Å². The smallest absolute Gasteiger partial charge is 0.258 e. The maximum atomic E-state index is 10.7. The largest absolute Gasteiger partial charge is 0.290 e. The Labute approximate surface area is 97.0 Å². The Morgan fingerprint density at radius 1 is 1.67 bits per heavy atom. The number of nitro groups is 1. The topological polar surface area (TPSA) is 56.0 Å². The molecule has 0 bridgehead atoms. The molecule has 0 aliphatic rings. The molecular formula is C10H13BrN2O2. The van der Waals surface area contributed by atoms with Crippen LogP contribution in [0.4, 0.5) is 5.69 Å². The minimum Gasteiger partial charge on any atom is -0.258 e. The van der Waals surface area contributed by atoms with Gasteiger partial charge in [-0.25, -0.2) is 0 Å². The third-order valence-corrected chi connectivity index (χ3v) is 2.86. The van der Waals surface area contributed by atoms with E-state index in [2.05, 4.69) is 27.8 Å². The van der Waals surface area contributed by atoms with Gasteiger partial charge in [0.2, 0.25) is 0 Å². The highest BCUT2D eigenvalue weighted by atomic mass is 79.9. The standard InChI is InChI=1S/C10H13BrN2O2/c1-2-4-8(11)7-9-10(13(14)15)5-3-6-12-9/h3,5-6,8H,2,4,7H2,1H3. The van der Waals surface area contributed by atoms with E-state index in [1.165, 1.54) is 6.07 Å². The van der Waals surface area contributed by atoms with Gasteiger partial charge in [-0.2, -0.15) is 0 Å². The molecule has 0 radical (unpaired) electrons. The first kappa shape index (κ1) is 12.1. The molecule has 1 atom stereocenters. The number of hydrogen-bond donors (Lipinski definition) is 0. The lowest BCUT2D eigenvalue weighted by Crippen LogP contribution is -2.06. The molecular weight excluding hydrogens is 260 g/mol. The summed E-state index contributed by atoms with van der Waals surface area (Å²) < 4.78 is 0. The molecule has 1 aromatic heterocycles. The second-order valence-electron chi connectivity index (χ2n) is 3.32. The molecule has 4 nitrogen and oxygen atoms in total. The molecule has 0 aromatic carbocycles. The van der Waals surface area contributed by atoms with Gasteiger partial charge in [0.15, 0.2) is 0 Å². The summed E-state index contributed by atoms with van der Waals surface area (Å²) in [6.45, 7) is 2.08. The average molecular weight is 273 g/mol. The molecule has 0 spiro atoms. The summed E-state index contributed by atoms with van der Waals surface area (Å²) in [6, 6.07) is 3.08. The van der Waals surface area contributed by atoms with Crippen LogP contribution in [-0.4, -0.2) is 14.7 Å². The molecule has 1 heterocycles. The molecule has 0 aliphatic carbocycles. The van der Waals surface area contributed by atoms with Gasteiger partial charge in [0, 0.05) is 23.5 Å². The summed E-state index contributed by atoms with van der Waals surface area (Å²) in [4.78, 5) is 14.6. The zero-order chi connectivity index (χ0) is 11.3. The van der Waals surface area contributed by atoms with Crippen molar-refractivity contribution in [3.63, 3.8) is 0 Å². The fraction of sp³-hybridized carbons (Fsp3) is 0.500. The Bertz CT molecular complexity index is 344. The van der Waals surface area contributed by atoms with Crippen LogP contribution in [0, 0.1) is 10.1 Å². The summed E-state index contributed by atoms with van der Waals surface area (Å²) in [5, 5.41) is 10.7. The van der Waals surface area contributed by atoms with Crippen molar-refractivity contribution >= 4 is 21.6 Å². The average Bonchev–Trinajstić information content (AvgIpc) is 2.18. The minimum atomic E-state index is -0.381. The van der Waals surface area contributed by atoms with Gasteiger partial charge in [-0.15, -0.1) is 0 Å². The number of pyridine rings is 1. The van der Waals surface area contributed by atoms with Gasteiger partial charge in [-0.3, -0.25) is 15.1 Å². The van der Waals surface area contributed by atoms with Crippen LogP contribution in [0.3, 0.4) is 0 Å². The van der Waals surface area contributed by atoms with Gasteiger partial charge in [0.05, 0.1) is 4.92 Å². The van der Waals surface area contributed by atoms with Crippen LogP contribution in [-0.2, 0) is 6.42 Å². The molecule has 15 heavy (non-hydrogen) atoms. The van der Waals surface area contributed by atoms with Crippen LogP contribution in [0.1, 0.15) is 25.5 Å². The number of alkyl halides is 1. The number of hydrogen-bond acceptors (Lipinski definition) is 3. The van der Waals surface area contributed by atoms with Crippen LogP contribution in [0.5, 0.6) is 0 Å². The summed E-state index contributed by atoms with van der Waals surface area (Å²) in [5.74, 6) is 0. The minimum absolute atomic E-state index is 0.109. The maximum absolute atomic E-state index is 10.7. The Morgan fingerprint density at radius 2 is 2.40 bits per heavy atom. The molecule has 82 valence electrons. The predicted molar refractivity (Wildman–Crippen MR) is 62.2 cm³/mol. The normalized spacial score (nSPS) is 12.4. The summed E-state index contributed by atoms with van der Waals surface area (Å²) in [5.41, 5.74) is 0.663. The first-order chi connectivity index (χ1) is 7.15. The first-order valence-corrected chi connectivity index (χ1v) is 5.79. The first-order valence-electron chi connectivity index (χ1n) is 4.87. The molecule has 0 saturated carbocycles. The maximum Gasteiger partial charge on any atom is 0.290 e. The van der Waals surface area contributed by atoms with Gasteiger partial charge < -0.3 is 0 Å². The van der Waals surface area contributed by atoms with Crippen LogP contribution >= 0.6 is 15.9 Å². The predicted octanol–water partition coefficient (Wildman–Crippen LogP) is 3.10. The SMILES string of the molecule is CCCC(Br)Cc1ncccc1[N+](=O)[O-]. The highest BCUT2D eigenvalue weighted by Crippen LogP contribution is 2.21. The number of rotatable bonds is 5. The molecule has 0 aliphatic heterocycles. The molecule has 0 saturated heterocycles. The van der Waals surface area contributed by atoms with Gasteiger partial charge in [-0.1, -0.05) is 29.3 Å². The fourth-order valence-electron chi connectivity index (χ4n) is 1.38. The Hall–Kier alpha value is -0.970. The molecule has 1 unspecified atom stereocenters. The van der Waals surface area contributed by atoms with E-state index in [0.29, 0.717) is 12.1 Å². The van der Waals surface area contributed by atoms with Gasteiger partial charge in [0.1, 0.15) is 5.69 Å². The zero-order valence-corrected chi connectivity index (χ0v) is 10.1. The van der Waals surface area contributed by atoms with Crippen molar-refractivity contribution < 1.29 is 4.92 Å². The van der Waals surface area contributed by atoms with Gasteiger partial charge in [-0.05, 0) is 12.5 Å². The summed E-state index contributed by atoms with van der Waals surface area (Å²) in [6.07, 6.45) is 4.24. The van der Waals surface area contributed by atoms with E-state index in [1.54, 1.807) is 12.3 Å². The second kappa shape index (κ2) is 5.80. The molecule has 1 rings (SSSR count). The third-order valence-electron chi connectivity index (χ3n) is 2.08.